The summed E-state index contributed by atoms with van der Waals surface area (Å²) < 4.78 is 0. The first-order chi connectivity index (χ1) is 20.6. The number of hydrogen-bond donors (Lipinski definition) is 2. The Balaban J connectivity index is 0.00000198. The molecule has 0 bridgehead atoms. The van der Waals surface area contributed by atoms with Crippen LogP contribution in [0, 0.1) is 6.92 Å². The fourth-order valence-electron chi connectivity index (χ4n) is 5.30. The summed E-state index contributed by atoms with van der Waals surface area (Å²) in [6, 6.07) is 14.6. The van der Waals surface area contributed by atoms with E-state index in [4.69, 9.17) is 9.97 Å². The molecule has 6 heteroatoms. The normalized spacial score (nSPS) is 14.5. The van der Waals surface area contributed by atoms with E-state index in [0.29, 0.717) is 5.82 Å². The van der Waals surface area contributed by atoms with Gasteiger partial charge in [0.15, 0.2) is 11.5 Å². The van der Waals surface area contributed by atoms with Crippen molar-refractivity contribution >= 4 is 22.3 Å². The molecule has 4 aromatic rings. The molecule has 42 heavy (non-hydrogen) atoms. The minimum Gasteiger partial charge on any atom is -0.370 e. The smallest absolute Gasteiger partial charge is 0.161 e. The molecule has 6 nitrogen and oxygen atoms in total. The largest absolute Gasteiger partial charge is 0.370 e. The monoisotopic (exact) mass is 560 g/mol. The van der Waals surface area contributed by atoms with E-state index in [9.17, 15) is 0 Å². The first-order valence-corrected chi connectivity index (χ1v) is 15.1. The number of aryl methyl sites for hydroxylation is 2. The summed E-state index contributed by atoms with van der Waals surface area (Å²) in [4.78, 5) is 16.0. The second-order valence-corrected chi connectivity index (χ2v) is 10.2. The Labute approximate surface area is 250 Å². The Morgan fingerprint density at radius 1 is 1.00 bits per heavy atom. The van der Waals surface area contributed by atoms with Crippen LogP contribution in [0.5, 0.6) is 0 Å². The summed E-state index contributed by atoms with van der Waals surface area (Å²) in [7, 11) is 0. The predicted molar refractivity (Wildman–Crippen MR) is 178 cm³/mol. The molecule has 1 aliphatic heterocycles. The van der Waals surface area contributed by atoms with Crippen LogP contribution in [0.25, 0.3) is 33.8 Å². The van der Waals surface area contributed by atoms with Crippen molar-refractivity contribution in [2.45, 2.75) is 59.8 Å². The molecule has 0 saturated carbocycles. The van der Waals surface area contributed by atoms with Crippen molar-refractivity contribution < 1.29 is 0 Å². The molecule has 0 radical (unpaired) electrons. The molecule has 1 saturated heterocycles. The molecule has 3 aromatic heterocycles. The van der Waals surface area contributed by atoms with E-state index in [1.54, 1.807) is 0 Å². The van der Waals surface area contributed by atoms with E-state index in [1.807, 2.05) is 51.1 Å². The van der Waals surface area contributed by atoms with Crippen LogP contribution in [0.4, 0.5) is 0 Å². The number of nitrogens with zero attached hydrogens (tertiary/aromatic N) is 4. The third-order valence-electron chi connectivity index (χ3n) is 7.49. The average molecular weight is 561 g/mol. The Kier molecular flexibility index (Phi) is 10.9. The van der Waals surface area contributed by atoms with Gasteiger partial charge >= 0.3 is 0 Å². The number of hydrogen-bond acceptors (Lipinski definition) is 4. The number of H-pyrrole nitrogens is 2. The van der Waals surface area contributed by atoms with Crippen LogP contribution < -0.4 is 0 Å². The second-order valence-electron chi connectivity index (χ2n) is 10.2. The van der Waals surface area contributed by atoms with Gasteiger partial charge in [0.05, 0.1) is 16.9 Å². The molecule has 1 fully saturated rings. The maximum atomic E-state index is 5.06. The highest BCUT2D eigenvalue weighted by atomic mass is 15.2. The Bertz CT molecular complexity index is 1580. The van der Waals surface area contributed by atoms with E-state index < -0.39 is 0 Å². The standard InChI is InChI=1S/C34H38N6.C2H6/c1-5-14-30(40-21-12-9-13-22-40)31-24(4)35-34(37-31)33-32-29(38-39-33)20-19-28(36-32)27(7-3)23-25(6-2)17-18-26-15-10-8-11-16-26;1-2/h5-8,10-11,14-16,19-20,23H,1-2,9,12-13,17-18,21-22H2,3-4H3,(H,35,37)(H,38,39);1-2H3/b25-23+,27-7+,30-14+;. The predicted octanol–water partition coefficient (Wildman–Crippen LogP) is 8.84. The van der Waals surface area contributed by atoms with Crippen molar-refractivity contribution in [1.82, 2.24) is 30.0 Å². The van der Waals surface area contributed by atoms with Gasteiger partial charge in [-0.15, -0.1) is 0 Å². The van der Waals surface area contributed by atoms with Crippen LogP contribution in [0.15, 0.2) is 91.6 Å². The lowest BCUT2D eigenvalue weighted by Gasteiger charge is -2.30. The van der Waals surface area contributed by atoms with Gasteiger partial charge in [-0.25, -0.2) is 9.97 Å². The number of pyridine rings is 1. The highest BCUT2D eigenvalue weighted by Crippen LogP contribution is 2.30. The minimum absolute atomic E-state index is 0.711. The number of fused-ring (bicyclic) bond motifs is 1. The highest BCUT2D eigenvalue weighted by molar-refractivity contribution is 5.90. The Morgan fingerprint density at radius 3 is 2.45 bits per heavy atom. The number of imidazole rings is 1. The number of allylic oxidation sites excluding steroid dienone is 7. The van der Waals surface area contributed by atoms with Gasteiger partial charge in [0.25, 0.3) is 0 Å². The molecule has 1 aliphatic rings. The third-order valence-corrected chi connectivity index (χ3v) is 7.49. The number of benzene rings is 1. The lowest BCUT2D eigenvalue weighted by Crippen LogP contribution is -2.28. The number of rotatable bonds is 10. The van der Waals surface area contributed by atoms with E-state index in [2.05, 4.69) is 82.7 Å². The molecule has 4 heterocycles. The van der Waals surface area contributed by atoms with Gasteiger partial charge in [-0.05, 0) is 86.9 Å². The number of nitrogens with one attached hydrogen (secondary N) is 2. The van der Waals surface area contributed by atoms with Gasteiger partial charge < -0.3 is 9.88 Å². The molecule has 1 aromatic carbocycles. The molecular weight excluding hydrogens is 516 g/mol. The zero-order valence-corrected chi connectivity index (χ0v) is 25.6. The zero-order chi connectivity index (χ0) is 29.9. The van der Waals surface area contributed by atoms with Crippen LogP contribution in [-0.2, 0) is 6.42 Å². The number of piperidine rings is 1. The molecule has 0 amide bonds. The van der Waals surface area contributed by atoms with E-state index in [1.165, 1.54) is 30.4 Å². The van der Waals surface area contributed by atoms with Gasteiger partial charge in [-0.1, -0.05) is 75.6 Å². The van der Waals surface area contributed by atoms with Gasteiger partial charge in [0, 0.05) is 18.8 Å². The van der Waals surface area contributed by atoms with Crippen LogP contribution in [-0.4, -0.2) is 43.1 Å². The van der Waals surface area contributed by atoms with Crippen molar-refractivity contribution in [2.24, 2.45) is 0 Å². The Hall–Kier alpha value is -4.45. The maximum absolute atomic E-state index is 5.06. The van der Waals surface area contributed by atoms with Crippen molar-refractivity contribution in [3.63, 3.8) is 0 Å². The van der Waals surface area contributed by atoms with Crippen LogP contribution in [0.3, 0.4) is 0 Å². The molecule has 0 aliphatic carbocycles. The summed E-state index contributed by atoms with van der Waals surface area (Å²) in [6.07, 6.45) is 15.7. The maximum Gasteiger partial charge on any atom is 0.161 e. The van der Waals surface area contributed by atoms with Crippen LogP contribution in [0.2, 0.25) is 0 Å². The molecule has 5 rings (SSSR count). The van der Waals surface area contributed by atoms with E-state index in [0.717, 1.165) is 71.0 Å². The SMILES string of the molecule is C=C/C=C(\c1nc(-c2n[nH]c3ccc(C(/C=C(\C=C)CCc4ccccc4)=C/C)nc23)[nH]c1C)N1CCCCC1.CC. The fourth-order valence-corrected chi connectivity index (χ4v) is 5.30. The van der Waals surface area contributed by atoms with E-state index >= 15 is 0 Å². The third kappa shape index (κ3) is 7.06. The summed E-state index contributed by atoms with van der Waals surface area (Å²) in [5.74, 6) is 0.711. The lowest BCUT2D eigenvalue weighted by atomic mass is 10.0. The molecule has 0 unspecified atom stereocenters. The Morgan fingerprint density at radius 2 is 1.76 bits per heavy atom. The summed E-state index contributed by atoms with van der Waals surface area (Å²) >= 11 is 0. The topological polar surface area (TPSA) is 73.5 Å². The first-order valence-electron chi connectivity index (χ1n) is 15.1. The van der Waals surface area contributed by atoms with Crippen molar-refractivity contribution in [1.29, 1.82) is 0 Å². The van der Waals surface area contributed by atoms with E-state index in [-0.39, 0.29) is 0 Å². The van der Waals surface area contributed by atoms with Gasteiger partial charge in [0.2, 0.25) is 0 Å². The quantitative estimate of drug-likeness (QED) is 0.190. The molecule has 0 atom stereocenters. The average Bonchev–Trinajstić information content (AvgIpc) is 3.64. The second kappa shape index (κ2) is 15.0. The van der Waals surface area contributed by atoms with Crippen molar-refractivity contribution in [3.05, 3.63) is 114 Å². The van der Waals surface area contributed by atoms with Gasteiger partial charge in [-0.2, -0.15) is 5.10 Å². The summed E-state index contributed by atoms with van der Waals surface area (Å²) in [6.45, 7) is 18.2. The molecule has 218 valence electrons. The van der Waals surface area contributed by atoms with Crippen molar-refractivity contribution in [2.75, 3.05) is 13.1 Å². The van der Waals surface area contributed by atoms with Crippen LogP contribution in [0.1, 0.15) is 69.1 Å². The number of aromatic nitrogens is 5. The van der Waals surface area contributed by atoms with Crippen molar-refractivity contribution in [3.8, 4) is 11.5 Å². The fraction of sp³-hybridized carbons (Fsp3) is 0.306. The van der Waals surface area contributed by atoms with Gasteiger partial charge in [-0.3, -0.25) is 5.10 Å². The zero-order valence-electron chi connectivity index (χ0n) is 25.6. The van der Waals surface area contributed by atoms with Crippen LogP contribution >= 0.6 is 0 Å². The highest BCUT2D eigenvalue weighted by Gasteiger charge is 2.22. The molecular formula is C36H44N6. The number of aromatic amines is 2. The summed E-state index contributed by atoms with van der Waals surface area (Å²) in [5.41, 5.74) is 9.88. The number of likely N-dealkylation sites (tertiary alicyclic amines) is 1. The molecule has 0 spiro atoms. The molecule has 2 N–H and O–H groups in total. The van der Waals surface area contributed by atoms with Gasteiger partial charge in [0.1, 0.15) is 11.2 Å². The first kappa shape index (κ1) is 30.5. The summed E-state index contributed by atoms with van der Waals surface area (Å²) in [5, 5.41) is 7.76. The lowest BCUT2D eigenvalue weighted by molar-refractivity contribution is 0.325. The minimum atomic E-state index is 0.711.